The predicted molar refractivity (Wildman–Crippen MR) is 80.9 cm³/mol. The van der Waals surface area contributed by atoms with Crippen molar-refractivity contribution in [3.63, 3.8) is 0 Å². The first-order valence-corrected chi connectivity index (χ1v) is 6.96. The van der Waals surface area contributed by atoms with Gasteiger partial charge in [-0.25, -0.2) is 15.8 Å². The van der Waals surface area contributed by atoms with Gasteiger partial charge < -0.3 is 5.43 Å². The van der Waals surface area contributed by atoms with E-state index in [-0.39, 0.29) is 0 Å². The summed E-state index contributed by atoms with van der Waals surface area (Å²) < 4.78 is 1.06. The molecular formula is C14H17BrN4. The summed E-state index contributed by atoms with van der Waals surface area (Å²) in [7, 11) is 0. The summed E-state index contributed by atoms with van der Waals surface area (Å²) in [5.74, 6) is 7.23. The topological polar surface area (TPSA) is 63.8 Å². The van der Waals surface area contributed by atoms with E-state index in [9.17, 15) is 0 Å². The van der Waals surface area contributed by atoms with Crippen LogP contribution in [0.4, 0.5) is 5.82 Å². The van der Waals surface area contributed by atoms with Crippen LogP contribution < -0.4 is 11.3 Å². The molecule has 0 saturated carbocycles. The Kier molecular flexibility index (Phi) is 4.50. The number of hydrogen-bond acceptors (Lipinski definition) is 4. The number of hydrogen-bond donors (Lipinski definition) is 2. The zero-order chi connectivity index (χ0) is 13.8. The second kappa shape index (κ2) is 6.12. The summed E-state index contributed by atoms with van der Waals surface area (Å²) in [5.41, 5.74) is 4.76. The third-order valence-electron chi connectivity index (χ3n) is 2.78. The van der Waals surface area contributed by atoms with Gasteiger partial charge in [-0.1, -0.05) is 41.9 Å². The molecule has 0 spiro atoms. The van der Waals surface area contributed by atoms with Gasteiger partial charge in [-0.2, -0.15) is 0 Å². The number of rotatable bonds is 4. The number of nitrogens with one attached hydrogen (secondary N) is 1. The number of benzene rings is 1. The van der Waals surface area contributed by atoms with Crippen molar-refractivity contribution in [1.82, 2.24) is 9.97 Å². The minimum absolute atomic E-state index is 0.344. The molecular weight excluding hydrogens is 304 g/mol. The van der Waals surface area contributed by atoms with E-state index in [1.807, 2.05) is 18.2 Å². The van der Waals surface area contributed by atoms with Crippen LogP contribution in [0.15, 0.2) is 34.8 Å². The lowest BCUT2D eigenvalue weighted by molar-refractivity contribution is 0.792. The zero-order valence-electron chi connectivity index (χ0n) is 11.0. The van der Waals surface area contributed by atoms with Gasteiger partial charge in [0.2, 0.25) is 0 Å². The fraction of sp³-hybridized carbons (Fsp3) is 0.286. The number of halogens is 1. The van der Waals surface area contributed by atoms with Crippen molar-refractivity contribution < 1.29 is 0 Å². The van der Waals surface area contributed by atoms with Gasteiger partial charge in [0.1, 0.15) is 11.6 Å². The fourth-order valence-electron chi connectivity index (χ4n) is 1.80. The third kappa shape index (κ3) is 3.75. The van der Waals surface area contributed by atoms with E-state index in [1.165, 1.54) is 5.56 Å². The molecule has 100 valence electrons. The van der Waals surface area contributed by atoms with E-state index in [2.05, 4.69) is 57.3 Å². The van der Waals surface area contributed by atoms with Gasteiger partial charge in [0, 0.05) is 22.7 Å². The zero-order valence-corrected chi connectivity index (χ0v) is 12.6. The summed E-state index contributed by atoms with van der Waals surface area (Å²) in [6, 6.07) is 10.0. The molecule has 4 nitrogen and oxygen atoms in total. The van der Waals surface area contributed by atoms with E-state index in [0.29, 0.717) is 18.2 Å². The minimum atomic E-state index is 0.344. The molecule has 0 saturated heterocycles. The average molecular weight is 321 g/mol. The molecule has 0 aliphatic rings. The van der Waals surface area contributed by atoms with Gasteiger partial charge in [-0.05, 0) is 23.6 Å². The fourth-order valence-corrected chi connectivity index (χ4v) is 2.24. The van der Waals surface area contributed by atoms with Crippen molar-refractivity contribution in [2.24, 2.45) is 5.84 Å². The molecule has 1 aromatic carbocycles. The third-order valence-corrected chi connectivity index (χ3v) is 3.28. The molecule has 5 heteroatoms. The Bertz CT molecular complexity index is 569. The summed E-state index contributed by atoms with van der Waals surface area (Å²) in [5, 5.41) is 0. The van der Waals surface area contributed by atoms with Crippen LogP contribution in [-0.2, 0) is 6.42 Å². The maximum atomic E-state index is 5.46. The Morgan fingerprint density at radius 2 is 2.05 bits per heavy atom. The molecule has 0 unspecified atom stereocenters. The quantitative estimate of drug-likeness (QED) is 0.670. The summed E-state index contributed by atoms with van der Waals surface area (Å²) in [6.07, 6.45) is 0.689. The molecule has 0 atom stereocenters. The lowest BCUT2D eigenvalue weighted by Gasteiger charge is -2.10. The van der Waals surface area contributed by atoms with Crippen molar-refractivity contribution in [3.8, 4) is 0 Å². The van der Waals surface area contributed by atoms with Crippen LogP contribution in [0.25, 0.3) is 0 Å². The summed E-state index contributed by atoms with van der Waals surface area (Å²) >= 11 is 3.47. The molecule has 0 amide bonds. The molecule has 1 heterocycles. The van der Waals surface area contributed by atoms with Crippen molar-refractivity contribution in [2.75, 3.05) is 5.43 Å². The number of aromatic nitrogens is 2. The number of anilines is 1. The maximum Gasteiger partial charge on any atom is 0.143 e. The normalized spacial score (nSPS) is 10.8. The van der Waals surface area contributed by atoms with E-state index in [4.69, 9.17) is 5.84 Å². The van der Waals surface area contributed by atoms with Crippen molar-refractivity contribution >= 4 is 21.7 Å². The van der Waals surface area contributed by atoms with Crippen LogP contribution in [0, 0.1) is 0 Å². The number of hydrazine groups is 1. The Labute approximate surface area is 121 Å². The van der Waals surface area contributed by atoms with Crippen molar-refractivity contribution in [3.05, 3.63) is 51.9 Å². The van der Waals surface area contributed by atoms with Crippen LogP contribution in [0.3, 0.4) is 0 Å². The Morgan fingerprint density at radius 3 is 2.68 bits per heavy atom. The predicted octanol–water partition coefficient (Wildman–Crippen LogP) is 3.24. The van der Waals surface area contributed by atoms with Crippen LogP contribution in [0.1, 0.15) is 36.8 Å². The minimum Gasteiger partial charge on any atom is -0.308 e. The van der Waals surface area contributed by atoms with Crippen molar-refractivity contribution in [2.45, 2.75) is 26.2 Å². The monoisotopic (exact) mass is 320 g/mol. The molecule has 3 N–H and O–H groups in total. The standard InChI is InChI=1S/C14H17BrN4/c1-9(2)12-8-14(19-16)18-13(17-12)7-10-4-3-5-11(15)6-10/h3-6,8-9H,7,16H2,1-2H3,(H,17,18,19). The largest absolute Gasteiger partial charge is 0.308 e. The van der Waals surface area contributed by atoms with E-state index in [0.717, 1.165) is 16.0 Å². The van der Waals surface area contributed by atoms with E-state index >= 15 is 0 Å². The Morgan fingerprint density at radius 1 is 1.26 bits per heavy atom. The Hall–Kier alpha value is -1.46. The summed E-state index contributed by atoms with van der Waals surface area (Å²) in [4.78, 5) is 8.98. The molecule has 19 heavy (non-hydrogen) atoms. The molecule has 0 aliphatic heterocycles. The molecule has 0 radical (unpaired) electrons. The highest BCUT2D eigenvalue weighted by Gasteiger charge is 2.08. The first-order valence-electron chi connectivity index (χ1n) is 6.17. The SMILES string of the molecule is CC(C)c1cc(NN)nc(Cc2cccc(Br)c2)n1. The highest BCUT2D eigenvalue weighted by molar-refractivity contribution is 9.10. The van der Waals surface area contributed by atoms with E-state index in [1.54, 1.807) is 0 Å². The van der Waals surface area contributed by atoms with Gasteiger partial charge in [0.25, 0.3) is 0 Å². The first kappa shape index (κ1) is 14.0. The van der Waals surface area contributed by atoms with E-state index < -0.39 is 0 Å². The van der Waals surface area contributed by atoms with Crippen LogP contribution in [0.5, 0.6) is 0 Å². The summed E-state index contributed by atoms with van der Waals surface area (Å²) in [6.45, 7) is 4.21. The average Bonchev–Trinajstić information content (AvgIpc) is 2.38. The smallest absolute Gasteiger partial charge is 0.143 e. The highest BCUT2D eigenvalue weighted by atomic mass is 79.9. The molecule has 0 fully saturated rings. The van der Waals surface area contributed by atoms with Gasteiger partial charge in [0.05, 0.1) is 0 Å². The van der Waals surface area contributed by atoms with Gasteiger partial charge in [0.15, 0.2) is 0 Å². The van der Waals surface area contributed by atoms with Gasteiger partial charge in [-0.3, -0.25) is 0 Å². The van der Waals surface area contributed by atoms with Crippen LogP contribution in [0.2, 0.25) is 0 Å². The lowest BCUT2D eigenvalue weighted by Crippen LogP contribution is -2.12. The van der Waals surface area contributed by atoms with Crippen LogP contribution >= 0.6 is 15.9 Å². The lowest BCUT2D eigenvalue weighted by atomic mass is 10.1. The highest BCUT2D eigenvalue weighted by Crippen LogP contribution is 2.18. The second-order valence-electron chi connectivity index (χ2n) is 4.70. The first-order chi connectivity index (χ1) is 9.08. The molecule has 0 bridgehead atoms. The number of nitrogens with two attached hydrogens (primary N) is 1. The van der Waals surface area contributed by atoms with Gasteiger partial charge in [-0.15, -0.1) is 0 Å². The maximum absolute atomic E-state index is 5.46. The molecule has 2 aromatic rings. The van der Waals surface area contributed by atoms with Gasteiger partial charge >= 0.3 is 0 Å². The molecule has 0 aliphatic carbocycles. The number of nitrogen functional groups attached to an aromatic ring is 1. The molecule has 2 rings (SSSR count). The van der Waals surface area contributed by atoms with Crippen LogP contribution in [-0.4, -0.2) is 9.97 Å². The Balaban J connectivity index is 2.31. The van der Waals surface area contributed by atoms with Crippen molar-refractivity contribution in [1.29, 1.82) is 0 Å². The second-order valence-corrected chi connectivity index (χ2v) is 5.62. The molecule has 1 aromatic heterocycles. The number of nitrogens with zero attached hydrogens (tertiary/aromatic N) is 2.